The molecule has 0 saturated carbocycles. The molecule has 1 unspecified atom stereocenters. The number of carbonyl (C=O) groups excluding carboxylic acids is 1. The van der Waals surface area contributed by atoms with Crippen molar-refractivity contribution in [1.29, 1.82) is 0 Å². The molecule has 0 aromatic heterocycles. The molecule has 5 nitrogen and oxygen atoms in total. The van der Waals surface area contributed by atoms with E-state index in [0.29, 0.717) is 30.1 Å². The molecule has 1 saturated heterocycles. The fourth-order valence-corrected chi connectivity index (χ4v) is 2.22. The van der Waals surface area contributed by atoms with Crippen molar-refractivity contribution >= 4 is 29.3 Å². The summed E-state index contributed by atoms with van der Waals surface area (Å²) in [6.07, 6.45) is 1.21. The minimum atomic E-state index is -0.964. The first-order chi connectivity index (χ1) is 8.58. The van der Waals surface area contributed by atoms with Crippen LogP contribution in [-0.4, -0.2) is 34.6 Å². The van der Waals surface area contributed by atoms with Crippen LogP contribution in [0.4, 0.5) is 10.5 Å². The van der Waals surface area contributed by atoms with Gasteiger partial charge in [-0.15, -0.1) is 0 Å². The first-order valence-electron chi connectivity index (χ1n) is 5.64. The van der Waals surface area contributed by atoms with Gasteiger partial charge in [-0.1, -0.05) is 17.7 Å². The Kier molecular flexibility index (Phi) is 3.72. The van der Waals surface area contributed by atoms with Crippen molar-refractivity contribution in [2.75, 3.05) is 11.9 Å². The van der Waals surface area contributed by atoms with Crippen molar-refractivity contribution in [3.63, 3.8) is 0 Å². The van der Waals surface area contributed by atoms with E-state index in [1.54, 1.807) is 24.3 Å². The van der Waals surface area contributed by atoms with Crippen molar-refractivity contribution in [3.05, 3.63) is 29.3 Å². The summed E-state index contributed by atoms with van der Waals surface area (Å²) in [5, 5.41) is 12.2. The van der Waals surface area contributed by atoms with Crippen LogP contribution >= 0.6 is 11.6 Å². The molecule has 0 spiro atoms. The Balaban J connectivity index is 2.06. The molecule has 1 aliphatic heterocycles. The van der Waals surface area contributed by atoms with Gasteiger partial charge in [-0.3, -0.25) is 0 Å². The number of carbonyl (C=O) groups is 2. The van der Waals surface area contributed by atoms with Gasteiger partial charge in [0.25, 0.3) is 0 Å². The predicted molar refractivity (Wildman–Crippen MR) is 67.8 cm³/mol. The second kappa shape index (κ2) is 5.27. The predicted octanol–water partition coefficient (Wildman–Crippen LogP) is 2.42. The van der Waals surface area contributed by atoms with Gasteiger partial charge in [0.05, 0.1) is 0 Å². The van der Waals surface area contributed by atoms with Crippen molar-refractivity contribution in [1.82, 2.24) is 4.90 Å². The van der Waals surface area contributed by atoms with E-state index >= 15 is 0 Å². The van der Waals surface area contributed by atoms with Gasteiger partial charge in [-0.05, 0) is 31.0 Å². The summed E-state index contributed by atoms with van der Waals surface area (Å²) in [5.74, 6) is -0.964. The second-order valence-corrected chi connectivity index (χ2v) is 4.57. The maximum absolute atomic E-state index is 11.9. The quantitative estimate of drug-likeness (QED) is 0.865. The molecule has 1 aliphatic rings. The lowest BCUT2D eigenvalue weighted by molar-refractivity contribution is -0.141. The van der Waals surface area contributed by atoms with Gasteiger partial charge < -0.3 is 15.3 Å². The van der Waals surface area contributed by atoms with E-state index in [-0.39, 0.29) is 0 Å². The number of aliphatic carboxylic acids is 1. The fraction of sp³-hybridized carbons (Fsp3) is 0.333. The van der Waals surface area contributed by atoms with E-state index in [1.807, 2.05) is 0 Å². The van der Waals surface area contributed by atoms with Gasteiger partial charge in [-0.25, -0.2) is 9.59 Å². The van der Waals surface area contributed by atoms with Gasteiger partial charge in [0.1, 0.15) is 6.04 Å². The molecule has 2 N–H and O–H groups in total. The molecule has 6 heteroatoms. The van der Waals surface area contributed by atoms with Gasteiger partial charge in [0.15, 0.2) is 0 Å². The molecular formula is C12H13ClN2O3. The Bertz CT molecular complexity index is 478. The van der Waals surface area contributed by atoms with E-state index < -0.39 is 18.0 Å². The van der Waals surface area contributed by atoms with Gasteiger partial charge in [0.2, 0.25) is 0 Å². The minimum absolute atomic E-state index is 0.401. The number of rotatable bonds is 2. The van der Waals surface area contributed by atoms with E-state index in [9.17, 15) is 9.59 Å². The molecule has 0 radical (unpaired) electrons. The normalized spacial score (nSPS) is 18.7. The number of hydrogen-bond donors (Lipinski definition) is 2. The number of hydrogen-bond acceptors (Lipinski definition) is 2. The number of carboxylic acid groups (broad SMARTS) is 1. The molecule has 2 amide bonds. The van der Waals surface area contributed by atoms with Crippen LogP contribution in [-0.2, 0) is 4.79 Å². The molecule has 0 bridgehead atoms. The van der Waals surface area contributed by atoms with Crippen molar-refractivity contribution in [2.24, 2.45) is 0 Å². The number of amides is 2. The van der Waals surface area contributed by atoms with Crippen LogP contribution in [0.3, 0.4) is 0 Å². The van der Waals surface area contributed by atoms with E-state index in [1.165, 1.54) is 4.90 Å². The summed E-state index contributed by atoms with van der Waals surface area (Å²) in [6.45, 7) is 0.462. The Labute approximate surface area is 109 Å². The van der Waals surface area contributed by atoms with Crippen molar-refractivity contribution < 1.29 is 14.7 Å². The third kappa shape index (κ3) is 2.73. The van der Waals surface area contributed by atoms with Gasteiger partial charge in [-0.2, -0.15) is 0 Å². The van der Waals surface area contributed by atoms with E-state index in [2.05, 4.69) is 5.32 Å². The largest absolute Gasteiger partial charge is 0.480 e. The SMILES string of the molecule is O=C(O)C1CCCN1C(=O)Nc1cccc(Cl)c1. The van der Waals surface area contributed by atoms with E-state index in [0.717, 1.165) is 0 Å². The van der Waals surface area contributed by atoms with Crippen LogP contribution in [0.5, 0.6) is 0 Å². The van der Waals surface area contributed by atoms with Gasteiger partial charge in [0, 0.05) is 17.3 Å². The topological polar surface area (TPSA) is 69.6 Å². The zero-order valence-corrected chi connectivity index (χ0v) is 10.4. The lowest BCUT2D eigenvalue weighted by Gasteiger charge is -2.21. The van der Waals surface area contributed by atoms with Crippen LogP contribution < -0.4 is 5.32 Å². The molecular weight excluding hydrogens is 256 g/mol. The summed E-state index contributed by atoms with van der Waals surface area (Å²) >= 11 is 5.81. The van der Waals surface area contributed by atoms with Crippen molar-refractivity contribution in [2.45, 2.75) is 18.9 Å². The van der Waals surface area contributed by atoms with Crippen LogP contribution in [0, 0.1) is 0 Å². The molecule has 1 aromatic carbocycles. The maximum atomic E-state index is 11.9. The van der Waals surface area contributed by atoms with Crippen molar-refractivity contribution in [3.8, 4) is 0 Å². The Morgan fingerprint density at radius 3 is 2.89 bits per heavy atom. The smallest absolute Gasteiger partial charge is 0.326 e. The number of urea groups is 1. The summed E-state index contributed by atoms with van der Waals surface area (Å²) in [4.78, 5) is 24.3. The highest BCUT2D eigenvalue weighted by atomic mass is 35.5. The lowest BCUT2D eigenvalue weighted by atomic mass is 10.2. The lowest BCUT2D eigenvalue weighted by Crippen LogP contribution is -2.42. The zero-order valence-electron chi connectivity index (χ0n) is 9.60. The Hall–Kier alpha value is -1.75. The number of nitrogens with one attached hydrogen (secondary N) is 1. The van der Waals surface area contributed by atoms with E-state index in [4.69, 9.17) is 16.7 Å². The second-order valence-electron chi connectivity index (χ2n) is 4.13. The third-order valence-corrected chi connectivity index (χ3v) is 3.11. The Morgan fingerprint density at radius 1 is 1.44 bits per heavy atom. The molecule has 18 heavy (non-hydrogen) atoms. The molecule has 1 aromatic rings. The molecule has 0 aliphatic carbocycles. The first kappa shape index (κ1) is 12.7. The average Bonchev–Trinajstić information content (AvgIpc) is 2.77. The fourth-order valence-electron chi connectivity index (χ4n) is 2.03. The number of anilines is 1. The molecule has 1 heterocycles. The average molecular weight is 269 g/mol. The highest BCUT2D eigenvalue weighted by Gasteiger charge is 2.33. The summed E-state index contributed by atoms with van der Waals surface area (Å²) in [6, 6.07) is 5.61. The molecule has 96 valence electrons. The maximum Gasteiger partial charge on any atom is 0.326 e. The third-order valence-electron chi connectivity index (χ3n) is 2.87. The van der Waals surface area contributed by atoms with Crippen LogP contribution in [0.1, 0.15) is 12.8 Å². The summed E-state index contributed by atoms with van der Waals surface area (Å²) in [5.41, 5.74) is 0.559. The minimum Gasteiger partial charge on any atom is -0.480 e. The summed E-state index contributed by atoms with van der Waals surface area (Å²) in [7, 11) is 0. The molecule has 1 atom stereocenters. The molecule has 2 rings (SSSR count). The van der Waals surface area contributed by atoms with Crippen LogP contribution in [0.15, 0.2) is 24.3 Å². The highest BCUT2D eigenvalue weighted by Crippen LogP contribution is 2.20. The Morgan fingerprint density at radius 2 is 2.22 bits per heavy atom. The number of nitrogens with zero attached hydrogens (tertiary/aromatic N) is 1. The van der Waals surface area contributed by atoms with Crippen LogP contribution in [0.25, 0.3) is 0 Å². The highest BCUT2D eigenvalue weighted by molar-refractivity contribution is 6.30. The van der Waals surface area contributed by atoms with Gasteiger partial charge >= 0.3 is 12.0 Å². The number of carboxylic acids is 1. The number of likely N-dealkylation sites (tertiary alicyclic amines) is 1. The summed E-state index contributed by atoms with van der Waals surface area (Å²) < 4.78 is 0. The number of halogens is 1. The monoisotopic (exact) mass is 268 g/mol. The zero-order chi connectivity index (χ0) is 13.1. The first-order valence-corrected chi connectivity index (χ1v) is 6.02. The molecule has 1 fully saturated rings. The standard InChI is InChI=1S/C12H13ClN2O3/c13-8-3-1-4-9(7-8)14-12(18)15-6-2-5-10(15)11(16)17/h1,3-4,7,10H,2,5-6H2,(H,14,18)(H,16,17). The number of benzene rings is 1. The van der Waals surface area contributed by atoms with Crippen LogP contribution in [0.2, 0.25) is 5.02 Å².